The van der Waals surface area contributed by atoms with Crippen LogP contribution in [0.2, 0.25) is 0 Å². The van der Waals surface area contributed by atoms with E-state index in [1.807, 2.05) is 42.5 Å². The van der Waals surface area contributed by atoms with E-state index in [9.17, 15) is 9.59 Å². The molecule has 0 saturated carbocycles. The normalized spacial score (nSPS) is 12.7. The van der Waals surface area contributed by atoms with Gasteiger partial charge < -0.3 is 14.5 Å². The van der Waals surface area contributed by atoms with E-state index in [0.29, 0.717) is 17.0 Å². The van der Waals surface area contributed by atoms with Crippen molar-refractivity contribution in [3.8, 4) is 17.1 Å². The largest absolute Gasteiger partial charge is 0.497 e. The molecule has 0 unspecified atom stereocenters. The molecule has 160 valence electrons. The number of nitrogens with one attached hydrogen (secondary N) is 1. The maximum atomic E-state index is 12.8. The van der Waals surface area contributed by atoms with Crippen molar-refractivity contribution in [3.05, 3.63) is 74.8 Å². The van der Waals surface area contributed by atoms with E-state index < -0.39 is 5.69 Å². The van der Waals surface area contributed by atoms with E-state index in [0.717, 1.165) is 32.6 Å². The van der Waals surface area contributed by atoms with E-state index in [1.54, 1.807) is 25.8 Å². The first-order valence-corrected chi connectivity index (χ1v) is 10.2. The number of hydrogen-bond donors (Lipinski definition) is 1. The highest BCUT2D eigenvalue weighted by molar-refractivity contribution is 6.81. The third kappa shape index (κ3) is 2.89. The summed E-state index contributed by atoms with van der Waals surface area (Å²) in [6.07, 6.45) is 2.08. The molecule has 3 heterocycles. The van der Waals surface area contributed by atoms with Gasteiger partial charge in [-0.25, -0.2) is 9.78 Å². The van der Waals surface area contributed by atoms with Crippen molar-refractivity contribution in [1.29, 1.82) is 0 Å². The van der Waals surface area contributed by atoms with Gasteiger partial charge in [0.2, 0.25) is 0 Å². The Labute approximate surface area is 184 Å². The van der Waals surface area contributed by atoms with Crippen LogP contribution < -0.4 is 26.7 Å². The smallest absolute Gasteiger partial charge is 0.332 e. The number of para-hydroxylation sites is 1. The fraction of sp³-hybridized carbons (Fsp3) is 0.174. The van der Waals surface area contributed by atoms with Gasteiger partial charge in [0.05, 0.1) is 7.11 Å². The van der Waals surface area contributed by atoms with Crippen LogP contribution in [0, 0.1) is 0 Å². The molecule has 8 nitrogen and oxygen atoms in total. The number of methoxy groups -OCH3 is 1. The zero-order chi connectivity index (χ0) is 22.6. The second kappa shape index (κ2) is 7.30. The Balaban J connectivity index is 1.66. The fourth-order valence-electron chi connectivity index (χ4n) is 4.23. The lowest BCUT2D eigenvalue weighted by Gasteiger charge is -2.23. The minimum Gasteiger partial charge on any atom is -0.497 e. The predicted molar refractivity (Wildman–Crippen MR) is 128 cm³/mol. The van der Waals surface area contributed by atoms with Gasteiger partial charge in [-0.3, -0.25) is 13.9 Å². The third-order valence-corrected chi connectivity index (χ3v) is 6.06. The number of ether oxygens (including phenoxy) is 1. The second-order valence-corrected chi connectivity index (χ2v) is 7.90. The lowest BCUT2D eigenvalue weighted by molar-refractivity contribution is 0.415. The summed E-state index contributed by atoms with van der Waals surface area (Å²) in [7, 11) is 6.56. The SMILES string of the molecule is COc1ccc(B2C=Cc3cccc(-c4nc5c(c(=O)n(C)c(=O)n5C)n4C)c3N2)cc1. The van der Waals surface area contributed by atoms with Crippen molar-refractivity contribution in [1.82, 2.24) is 18.7 Å². The van der Waals surface area contributed by atoms with Crippen molar-refractivity contribution >= 4 is 35.2 Å². The number of fused-ring (bicyclic) bond motifs is 2. The molecular weight excluding hydrogens is 405 g/mol. The number of nitrogens with zero attached hydrogens (tertiary/aromatic N) is 4. The van der Waals surface area contributed by atoms with E-state index >= 15 is 0 Å². The number of hydrogen-bond acceptors (Lipinski definition) is 5. The average Bonchev–Trinajstić information content (AvgIpc) is 3.17. The van der Waals surface area contributed by atoms with Crippen LogP contribution in [0.15, 0.2) is 58.0 Å². The van der Waals surface area contributed by atoms with Gasteiger partial charge in [-0.05, 0) is 23.8 Å². The maximum absolute atomic E-state index is 12.8. The van der Waals surface area contributed by atoms with Gasteiger partial charge in [0, 0.05) is 32.4 Å². The van der Waals surface area contributed by atoms with Crippen LogP contribution >= 0.6 is 0 Å². The number of aryl methyl sites for hydroxylation is 2. The monoisotopic (exact) mass is 427 g/mol. The van der Waals surface area contributed by atoms with Crippen LogP contribution in [0.1, 0.15) is 5.56 Å². The summed E-state index contributed by atoms with van der Waals surface area (Å²) in [6, 6.07) is 13.9. The Kier molecular flexibility index (Phi) is 4.55. The zero-order valence-corrected chi connectivity index (χ0v) is 18.3. The molecule has 1 aliphatic heterocycles. The standard InChI is InChI=1S/C23H22BN5O3/c1-27-19-21(28(2)23(31)29(3)22(19)30)25-20(27)17-7-5-6-14-12-13-24(26-18(14)17)15-8-10-16(32-4)11-9-15/h5-13,26H,1-4H3. The van der Waals surface area contributed by atoms with E-state index in [1.165, 1.54) is 11.6 Å². The summed E-state index contributed by atoms with van der Waals surface area (Å²) in [5.41, 5.74) is 3.91. The summed E-state index contributed by atoms with van der Waals surface area (Å²) in [4.78, 5) is 29.9. The van der Waals surface area contributed by atoms with Gasteiger partial charge in [0.1, 0.15) is 11.6 Å². The molecule has 4 aromatic rings. The van der Waals surface area contributed by atoms with Gasteiger partial charge in [-0.1, -0.05) is 41.8 Å². The molecular formula is C23H22BN5O3. The first kappa shape index (κ1) is 19.9. The van der Waals surface area contributed by atoms with Crippen LogP contribution in [0.25, 0.3) is 28.6 Å². The molecule has 9 heteroatoms. The maximum Gasteiger partial charge on any atom is 0.332 e. The lowest BCUT2D eigenvalue weighted by Crippen LogP contribution is -2.38. The molecule has 32 heavy (non-hydrogen) atoms. The van der Waals surface area contributed by atoms with Crippen molar-refractivity contribution < 1.29 is 4.74 Å². The molecule has 5 rings (SSSR count). The highest BCUT2D eigenvalue weighted by Crippen LogP contribution is 2.34. The summed E-state index contributed by atoms with van der Waals surface area (Å²) in [5, 5.41) is 3.61. The topological polar surface area (TPSA) is 83.1 Å². The number of rotatable bonds is 3. The number of anilines is 1. The lowest BCUT2D eigenvalue weighted by atomic mass is 9.54. The molecule has 0 radical (unpaired) electrons. The average molecular weight is 427 g/mol. The molecule has 2 aromatic carbocycles. The summed E-state index contributed by atoms with van der Waals surface area (Å²) in [6.45, 7) is -0.0264. The Morgan fingerprint density at radius 2 is 1.72 bits per heavy atom. The van der Waals surface area contributed by atoms with Crippen LogP contribution in [0.5, 0.6) is 5.75 Å². The van der Waals surface area contributed by atoms with Crippen LogP contribution in [0.3, 0.4) is 0 Å². The fourth-order valence-corrected chi connectivity index (χ4v) is 4.23. The number of benzene rings is 2. The van der Waals surface area contributed by atoms with E-state index in [-0.39, 0.29) is 12.4 Å². The molecule has 0 bridgehead atoms. The predicted octanol–water partition coefficient (Wildman–Crippen LogP) is 1.52. The van der Waals surface area contributed by atoms with Gasteiger partial charge >= 0.3 is 12.5 Å². The van der Waals surface area contributed by atoms with Crippen LogP contribution in [-0.2, 0) is 21.1 Å². The number of imidazole rings is 1. The summed E-state index contributed by atoms with van der Waals surface area (Å²) >= 11 is 0. The van der Waals surface area contributed by atoms with E-state index in [2.05, 4.69) is 17.3 Å². The first-order chi connectivity index (χ1) is 15.4. The van der Waals surface area contributed by atoms with Crippen molar-refractivity contribution in [2.24, 2.45) is 21.1 Å². The Morgan fingerprint density at radius 3 is 2.44 bits per heavy atom. The molecule has 0 amide bonds. The molecule has 0 spiro atoms. The Hall–Kier alpha value is -4.01. The first-order valence-electron chi connectivity index (χ1n) is 10.2. The molecule has 2 aromatic heterocycles. The minimum atomic E-state index is -0.400. The van der Waals surface area contributed by atoms with Crippen LogP contribution in [-0.4, -0.2) is 32.6 Å². The summed E-state index contributed by atoms with van der Waals surface area (Å²) < 4.78 is 9.54. The van der Waals surface area contributed by atoms with Crippen molar-refractivity contribution in [2.45, 2.75) is 0 Å². The quantitative estimate of drug-likeness (QED) is 0.502. The second-order valence-electron chi connectivity index (χ2n) is 7.90. The van der Waals surface area contributed by atoms with Gasteiger partial charge in [0.15, 0.2) is 11.2 Å². The molecule has 1 N–H and O–H groups in total. The summed E-state index contributed by atoms with van der Waals surface area (Å²) in [5.74, 6) is 3.54. The van der Waals surface area contributed by atoms with Crippen LogP contribution in [0.4, 0.5) is 5.69 Å². The molecule has 0 fully saturated rings. The Bertz CT molecular complexity index is 1510. The van der Waals surface area contributed by atoms with Gasteiger partial charge in [-0.15, -0.1) is 0 Å². The highest BCUT2D eigenvalue weighted by atomic mass is 16.5. The third-order valence-electron chi connectivity index (χ3n) is 6.06. The molecule has 1 aliphatic rings. The number of aromatic nitrogens is 4. The highest BCUT2D eigenvalue weighted by Gasteiger charge is 2.25. The zero-order valence-electron chi connectivity index (χ0n) is 18.3. The Morgan fingerprint density at radius 1 is 0.969 bits per heavy atom. The van der Waals surface area contributed by atoms with E-state index in [4.69, 9.17) is 9.72 Å². The van der Waals surface area contributed by atoms with Gasteiger partial charge in [0.25, 0.3) is 5.56 Å². The molecule has 0 aliphatic carbocycles. The van der Waals surface area contributed by atoms with Crippen molar-refractivity contribution in [2.75, 3.05) is 12.3 Å². The minimum absolute atomic E-state index is 0.0264. The molecule has 0 atom stereocenters. The molecule has 0 saturated heterocycles. The van der Waals surface area contributed by atoms with Gasteiger partial charge in [-0.2, -0.15) is 0 Å². The van der Waals surface area contributed by atoms with Crippen molar-refractivity contribution in [3.63, 3.8) is 0 Å².